The van der Waals surface area contributed by atoms with E-state index in [1.807, 2.05) is 0 Å². The van der Waals surface area contributed by atoms with Crippen LogP contribution in [0.3, 0.4) is 0 Å². The van der Waals surface area contributed by atoms with Crippen LogP contribution in [0.2, 0.25) is 10.2 Å². The zero-order chi connectivity index (χ0) is 22.6. The quantitative estimate of drug-likeness (QED) is 0.496. The van der Waals surface area contributed by atoms with Crippen LogP contribution in [0.1, 0.15) is 21.7 Å². The average molecular weight is 472 g/mol. The van der Waals surface area contributed by atoms with E-state index in [1.165, 1.54) is 35.6 Å². The molecular weight excluding hydrogens is 458 g/mol. The predicted molar refractivity (Wildman–Crippen MR) is 108 cm³/mol. The lowest BCUT2D eigenvalue weighted by molar-refractivity contribution is -0.137. The lowest BCUT2D eigenvalue weighted by atomic mass is 10.2. The molecule has 3 aromatic rings. The second kappa shape index (κ2) is 9.40. The Balaban J connectivity index is 1.78. The molecule has 31 heavy (non-hydrogen) atoms. The van der Waals surface area contributed by atoms with Gasteiger partial charge in [0.2, 0.25) is 5.91 Å². The van der Waals surface area contributed by atoms with Crippen LogP contribution in [0, 0.1) is 0 Å². The lowest BCUT2D eigenvalue weighted by Gasteiger charge is -2.21. The third-order valence-electron chi connectivity index (χ3n) is 4.08. The van der Waals surface area contributed by atoms with Gasteiger partial charge in [0.1, 0.15) is 17.5 Å². The fourth-order valence-electron chi connectivity index (χ4n) is 2.67. The van der Waals surface area contributed by atoms with Crippen molar-refractivity contribution >= 4 is 40.7 Å². The number of alkyl halides is 3. The summed E-state index contributed by atoms with van der Waals surface area (Å²) in [6.07, 6.45) is -2.01. The average Bonchev–Trinajstić information content (AvgIpc) is 3.21. The van der Waals surface area contributed by atoms with Gasteiger partial charge in [-0.05, 0) is 42.5 Å². The van der Waals surface area contributed by atoms with Crippen molar-refractivity contribution in [2.45, 2.75) is 12.7 Å². The number of furan rings is 1. The van der Waals surface area contributed by atoms with E-state index in [1.54, 1.807) is 12.1 Å². The van der Waals surface area contributed by atoms with Crippen LogP contribution in [-0.4, -0.2) is 28.2 Å². The fourth-order valence-corrected chi connectivity index (χ4v) is 3.01. The number of nitrogens with one attached hydrogen (secondary N) is 1. The molecule has 0 bridgehead atoms. The van der Waals surface area contributed by atoms with Gasteiger partial charge in [0.15, 0.2) is 0 Å². The molecule has 0 spiro atoms. The van der Waals surface area contributed by atoms with E-state index in [2.05, 4.69) is 10.3 Å². The van der Waals surface area contributed by atoms with E-state index in [4.69, 9.17) is 27.6 Å². The van der Waals surface area contributed by atoms with E-state index >= 15 is 0 Å². The van der Waals surface area contributed by atoms with Gasteiger partial charge < -0.3 is 14.6 Å². The number of carbonyl (C=O) groups is 2. The molecule has 1 N–H and O–H groups in total. The number of anilines is 1. The minimum atomic E-state index is -4.68. The number of amides is 2. The molecule has 0 radical (unpaired) electrons. The highest BCUT2D eigenvalue weighted by molar-refractivity contribution is 6.31. The largest absolute Gasteiger partial charge is 0.467 e. The van der Waals surface area contributed by atoms with Crippen molar-refractivity contribution in [1.82, 2.24) is 9.88 Å². The molecule has 6 nitrogen and oxygen atoms in total. The third kappa shape index (κ3) is 5.99. The van der Waals surface area contributed by atoms with Gasteiger partial charge in [-0.15, -0.1) is 0 Å². The maximum Gasteiger partial charge on any atom is 0.417 e. The summed E-state index contributed by atoms with van der Waals surface area (Å²) in [7, 11) is 0. The number of pyridine rings is 1. The second-order valence-corrected chi connectivity index (χ2v) is 7.15. The van der Waals surface area contributed by atoms with Gasteiger partial charge in [-0.2, -0.15) is 13.2 Å². The molecular formula is C20H14Cl2F3N3O3. The van der Waals surface area contributed by atoms with Gasteiger partial charge >= 0.3 is 6.18 Å². The molecule has 11 heteroatoms. The van der Waals surface area contributed by atoms with Crippen molar-refractivity contribution in [1.29, 1.82) is 0 Å². The Hall–Kier alpha value is -3.04. The first-order chi connectivity index (χ1) is 14.6. The normalized spacial score (nSPS) is 11.3. The fraction of sp³-hybridized carbons (Fsp3) is 0.150. The van der Waals surface area contributed by atoms with Crippen LogP contribution in [0.15, 0.2) is 59.3 Å². The van der Waals surface area contributed by atoms with Crippen LogP contribution in [0.5, 0.6) is 0 Å². The summed E-state index contributed by atoms with van der Waals surface area (Å²) in [5.41, 5.74) is -1.02. The molecule has 0 fully saturated rings. The van der Waals surface area contributed by atoms with Crippen LogP contribution in [-0.2, 0) is 17.5 Å². The molecule has 0 aliphatic rings. The zero-order valence-electron chi connectivity index (χ0n) is 15.6. The smallest absolute Gasteiger partial charge is 0.417 e. The molecule has 2 amide bonds. The van der Waals surface area contributed by atoms with Gasteiger partial charge in [-0.1, -0.05) is 23.2 Å². The van der Waals surface area contributed by atoms with E-state index < -0.39 is 35.1 Å². The highest BCUT2D eigenvalue weighted by Gasteiger charge is 2.33. The second-order valence-electron chi connectivity index (χ2n) is 6.35. The molecule has 162 valence electrons. The van der Waals surface area contributed by atoms with Gasteiger partial charge in [0, 0.05) is 11.9 Å². The number of aromatic nitrogens is 1. The van der Waals surface area contributed by atoms with Crippen molar-refractivity contribution < 1.29 is 27.2 Å². The number of hydrogen-bond donors (Lipinski definition) is 1. The van der Waals surface area contributed by atoms with Gasteiger partial charge in [0.25, 0.3) is 5.91 Å². The monoisotopic (exact) mass is 471 g/mol. The first-order valence-corrected chi connectivity index (χ1v) is 9.49. The van der Waals surface area contributed by atoms with Gasteiger partial charge in [0.05, 0.1) is 29.0 Å². The first kappa shape index (κ1) is 22.6. The highest BCUT2D eigenvalue weighted by Crippen LogP contribution is 2.36. The van der Waals surface area contributed by atoms with Crippen molar-refractivity contribution in [3.05, 3.63) is 82.0 Å². The number of carbonyl (C=O) groups excluding carboxylic acids is 2. The van der Waals surface area contributed by atoms with Gasteiger partial charge in [-0.25, -0.2) is 4.98 Å². The molecule has 0 unspecified atom stereocenters. The number of hydrogen-bond acceptors (Lipinski definition) is 4. The zero-order valence-corrected chi connectivity index (χ0v) is 17.1. The van der Waals surface area contributed by atoms with Crippen LogP contribution < -0.4 is 5.32 Å². The number of benzene rings is 1. The molecule has 2 heterocycles. The molecule has 0 saturated heterocycles. The minimum absolute atomic E-state index is 0.0453. The Kier molecular flexibility index (Phi) is 6.87. The van der Waals surface area contributed by atoms with Crippen molar-refractivity contribution in [3.8, 4) is 0 Å². The van der Waals surface area contributed by atoms with Crippen LogP contribution >= 0.6 is 23.2 Å². The molecule has 3 rings (SSSR count). The Bertz CT molecular complexity index is 1070. The topological polar surface area (TPSA) is 75.4 Å². The Labute approximate surface area is 184 Å². The molecule has 0 aliphatic heterocycles. The highest BCUT2D eigenvalue weighted by atomic mass is 35.5. The molecule has 2 aromatic heterocycles. The van der Waals surface area contributed by atoms with E-state index in [9.17, 15) is 22.8 Å². The van der Waals surface area contributed by atoms with Gasteiger partial charge in [-0.3, -0.25) is 9.59 Å². The number of rotatable bonds is 6. The standard InChI is InChI=1S/C20H14Cl2F3N3O3/c21-16-5-4-13(8-15(16)20(23,24)25)27-18(29)11-28(10-14-2-1-7-31-14)19(30)12-3-6-17(22)26-9-12/h1-9H,10-11H2,(H,27,29). The van der Waals surface area contributed by atoms with Crippen molar-refractivity contribution in [2.24, 2.45) is 0 Å². The van der Waals surface area contributed by atoms with Crippen LogP contribution in [0.25, 0.3) is 0 Å². The summed E-state index contributed by atoms with van der Waals surface area (Å²) in [5, 5.41) is 2.05. The molecule has 0 saturated carbocycles. The predicted octanol–water partition coefficient (Wildman–Crippen LogP) is 5.28. The third-order valence-corrected chi connectivity index (χ3v) is 4.63. The summed E-state index contributed by atoms with van der Waals surface area (Å²) >= 11 is 11.3. The Morgan fingerprint density at radius 2 is 1.90 bits per heavy atom. The first-order valence-electron chi connectivity index (χ1n) is 8.73. The molecule has 0 aliphatic carbocycles. The van der Waals surface area contributed by atoms with Crippen molar-refractivity contribution in [3.63, 3.8) is 0 Å². The number of halogens is 5. The SMILES string of the molecule is O=C(CN(Cc1ccco1)C(=O)c1ccc(Cl)nc1)Nc1ccc(Cl)c(C(F)(F)F)c1. The maximum atomic E-state index is 13.0. The summed E-state index contributed by atoms with van der Waals surface area (Å²) in [5.74, 6) is -0.839. The molecule has 0 atom stereocenters. The van der Waals surface area contributed by atoms with Crippen molar-refractivity contribution in [2.75, 3.05) is 11.9 Å². The van der Waals surface area contributed by atoms with Crippen LogP contribution in [0.4, 0.5) is 18.9 Å². The molecule has 1 aromatic carbocycles. The summed E-state index contributed by atoms with van der Waals surface area (Å²) in [4.78, 5) is 30.4. The lowest BCUT2D eigenvalue weighted by Crippen LogP contribution is -2.37. The van der Waals surface area contributed by atoms with E-state index in [0.717, 1.165) is 12.1 Å². The summed E-state index contributed by atoms with van der Waals surface area (Å²) in [6.45, 7) is -0.498. The maximum absolute atomic E-state index is 13.0. The summed E-state index contributed by atoms with van der Waals surface area (Å²) in [6, 6.07) is 9.09. The van der Waals surface area contributed by atoms with E-state index in [0.29, 0.717) is 5.76 Å². The van der Waals surface area contributed by atoms with E-state index in [-0.39, 0.29) is 22.9 Å². The summed E-state index contributed by atoms with van der Waals surface area (Å²) < 4.78 is 44.3. The Morgan fingerprint density at radius 1 is 1.13 bits per heavy atom. The minimum Gasteiger partial charge on any atom is -0.467 e. The number of nitrogens with zero attached hydrogens (tertiary/aromatic N) is 2. The Morgan fingerprint density at radius 3 is 2.52 bits per heavy atom.